The number of fused-ring (bicyclic) bond motifs is 1. The Balaban J connectivity index is 1.89. The Morgan fingerprint density at radius 2 is 1.64 bits per heavy atom. The predicted octanol–water partition coefficient (Wildman–Crippen LogP) is 4.17. The fourth-order valence-corrected chi connectivity index (χ4v) is 3.07. The summed E-state index contributed by atoms with van der Waals surface area (Å²) in [4.78, 5) is 9.09. The molecular weight excluding hydrogens is 356 g/mol. The van der Waals surface area contributed by atoms with Crippen LogP contribution in [-0.4, -0.2) is 35.7 Å². The topological polar surface area (TPSA) is 69.9 Å². The number of benzene rings is 2. The van der Waals surface area contributed by atoms with Gasteiger partial charge in [0, 0.05) is 18.0 Å². The van der Waals surface area contributed by atoms with E-state index in [9.17, 15) is 0 Å². The molecule has 7 nitrogen and oxygen atoms in total. The molecule has 0 atom stereocenters. The van der Waals surface area contributed by atoms with Gasteiger partial charge in [0.1, 0.15) is 17.3 Å². The van der Waals surface area contributed by atoms with Gasteiger partial charge < -0.3 is 19.5 Å². The van der Waals surface area contributed by atoms with Gasteiger partial charge in [0.2, 0.25) is 5.78 Å². The first kappa shape index (κ1) is 17.7. The SMILES string of the molecule is COc1ccccc1Nc1c(-c2ccc(OC)c(OC)c2)nc2ncccn12. The summed E-state index contributed by atoms with van der Waals surface area (Å²) in [6.45, 7) is 0. The van der Waals surface area contributed by atoms with Gasteiger partial charge in [-0.1, -0.05) is 12.1 Å². The first-order chi connectivity index (χ1) is 13.7. The predicted molar refractivity (Wildman–Crippen MR) is 108 cm³/mol. The molecule has 7 heteroatoms. The standard InChI is InChI=1S/C21H20N4O3/c1-26-16-8-5-4-7-15(16)23-20-19(24-21-22-11-6-12-25(20)21)14-9-10-17(27-2)18(13-14)28-3/h4-13,23H,1-3H3. The van der Waals surface area contributed by atoms with Gasteiger partial charge in [-0.3, -0.25) is 4.40 Å². The summed E-state index contributed by atoms with van der Waals surface area (Å²) in [6, 6.07) is 15.3. The number of rotatable bonds is 6. The number of ether oxygens (including phenoxy) is 3. The molecule has 0 amide bonds. The van der Waals surface area contributed by atoms with Crippen LogP contribution in [0.2, 0.25) is 0 Å². The van der Waals surface area contributed by atoms with E-state index in [1.54, 1.807) is 27.5 Å². The van der Waals surface area contributed by atoms with Crippen molar-refractivity contribution in [3.8, 4) is 28.5 Å². The van der Waals surface area contributed by atoms with Crippen molar-refractivity contribution in [2.45, 2.75) is 0 Å². The van der Waals surface area contributed by atoms with Gasteiger partial charge in [0.05, 0.1) is 27.0 Å². The molecule has 2 aromatic carbocycles. The highest BCUT2D eigenvalue weighted by atomic mass is 16.5. The summed E-state index contributed by atoms with van der Waals surface area (Å²) in [5.41, 5.74) is 2.45. The molecule has 0 unspecified atom stereocenters. The molecule has 4 aromatic rings. The smallest absolute Gasteiger partial charge is 0.235 e. The highest BCUT2D eigenvalue weighted by Gasteiger charge is 2.18. The van der Waals surface area contributed by atoms with E-state index in [1.165, 1.54) is 0 Å². The van der Waals surface area contributed by atoms with Crippen LogP contribution in [0.15, 0.2) is 60.9 Å². The van der Waals surface area contributed by atoms with Crippen molar-refractivity contribution in [3.63, 3.8) is 0 Å². The van der Waals surface area contributed by atoms with E-state index in [1.807, 2.05) is 59.1 Å². The minimum absolute atomic E-state index is 0.588. The molecule has 0 bridgehead atoms. The van der Waals surface area contributed by atoms with Crippen LogP contribution < -0.4 is 19.5 Å². The van der Waals surface area contributed by atoms with Gasteiger partial charge in [0.25, 0.3) is 0 Å². The van der Waals surface area contributed by atoms with E-state index in [4.69, 9.17) is 19.2 Å². The number of para-hydroxylation sites is 2. The number of methoxy groups -OCH3 is 3. The first-order valence-electron chi connectivity index (χ1n) is 8.70. The molecule has 28 heavy (non-hydrogen) atoms. The Morgan fingerprint density at radius 3 is 2.43 bits per heavy atom. The molecule has 0 saturated heterocycles. The van der Waals surface area contributed by atoms with Gasteiger partial charge in [0.15, 0.2) is 11.5 Å². The van der Waals surface area contributed by atoms with Crippen molar-refractivity contribution in [3.05, 3.63) is 60.9 Å². The monoisotopic (exact) mass is 376 g/mol. The number of anilines is 2. The summed E-state index contributed by atoms with van der Waals surface area (Å²) < 4.78 is 18.2. The second-order valence-electron chi connectivity index (χ2n) is 5.99. The lowest BCUT2D eigenvalue weighted by Gasteiger charge is -2.13. The number of hydrogen-bond acceptors (Lipinski definition) is 6. The molecule has 142 valence electrons. The lowest BCUT2D eigenvalue weighted by molar-refractivity contribution is 0.355. The summed E-state index contributed by atoms with van der Waals surface area (Å²) in [5, 5.41) is 3.44. The zero-order valence-electron chi connectivity index (χ0n) is 15.8. The van der Waals surface area contributed by atoms with Gasteiger partial charge in [-0.15, -0.1) is 0 Å². The number of hydrogen-bond donors (Lipinski definition) is 1. The van der Waals surface area contributed by atoms with E-state index in [-0.39, 0.29) is 0 Å². The summed E-state index contributed by atoms with van der Waals surface area (Å²) >= 11 is 0. The van der Waals surface area contributed by atoms with E-state index in [0.717, 1.165) is 28.5 Å². The zero-order valence-corrected chi connectivity index (χ0v) is 15.8. The average Bonchev–Trinajstić information content (AvgIpc) is 3.12. The quantitative estimate of drug-likeness (QED) is 0.545. The molecule has 2 aromatic heterocycles. The number of imidazole rings is 1. The van der Waals surface area contributed by atoms with Crippen molar-refractivity contribution < 1.29 is 14.2 Å². The zero-order chi connectivity index (χ0) is 19.5. The molecule has 1 N–H and O–H groups in total. The lowest BCUT2D eigenvalue weighted by Crippen LogP contribution is -1.99. The summed E-state index contributed by atoms with van der Waals surface area (Å²) in [6.07, 6.45) is 3.63. The summed E-state index contributed by atoms with van der Waals surface area (Å²) in [5.74, 6) is 3.39. The van der Waals surface area contributed by atoms with Crippen LogP contribution in [-0.2, 0) is 0 Å². The molecule has 2 heterocycles. The van der Waals surface area contributed by atoms with Crippen LogP contribution in [0.25, 0.3) is 17.0 Å². The van der Waals surface area contributed by atoms with Gasteiger partial charge in [-0.2, -0.15) is 0 Å². The molecule has 0 radical (unpaired) electrons. The van der Waals surface area contributed by atoms with Crippen molar-refractivity contribution in [2.24, 2.45) is 0 Å². The second kappa shape index (κ2) is 7.48. The van der Waals surface area contributed by atoms with Crippen LogP contribution in [0.1, 0.15) is 0 Å². The van der Waals surface area contributed by atoms with Gasteiger partial charge >= 0.3 is 0 Å². The fourth-order valence-electron chi connectivity index (χ4n) is 3.07. The number of nitrogens with one attached hydrogen (secondary N) is 1. The Labute approximate surface area is 162 Å². The van der Waals surface area contributed by atoms with Crippen LogP contribution in [0.5, 0.6) is 17.2 Å². The van der Waals surface area contributed by atoms with E-state index in [2.05, 4.69) is 10.3 Å². The van der Waals surface area contributed by atoms with Crippen molar-refractivity contribution in [1.82, 2.24) is 14.4 Å². The fraction of sp³-hybridized carbons (Fsp3) is 0.143. The van der Waals surface area contributed by atoms with Crippen molar-refractivity contribution in [1.29, 1.82) is 0 Å². The Bertz CT molecular complexity index is 1120. The third-order valence-corrected chi connectivity index (χ3v) is 4.42. The van der Waals surface area contributed by atoms with Crippen molar-refractivity contribution in [2.75, 3.05) is 26.6 Å². The van der Waals surface area contributed by atoms with E-state index < -0.39 is 0 Å². The maximum Gasteiger partial charge on any atom is 0.235 e. The molecular formula is C21H20N4O3. The first-order valence-corrected chi connectivity index (χ1v) is 8.70. The molecule has 0 saturated carbocycles. The molecule has 0 spiro atoms. The number of nitrogens with zero attached hydrogens (tertiary/aromatic N) is 3. The minimum atomic E-state index is 0.588. The minimum Gasteiger partial charge on any atom is -0.495 e. The third kappa shape index (κ3) is 3.07. The largest absolute Gasteiger partial charge is 0.495 e. The van der Waals surface area contributed by atoms with Crippen LogP contribution >= 0.6 is 0 Å². The Hall–Kier alpha value is -3.74. The normalized spacial score (nSPS) is 10.7. The maximum atomic E-state index is 5.47. The molecule has 0 aliphatic rings. The van der Waals surface area contributed by atoms with Gasteiger partial charge in [-0.05, 0) is 36.4 Å². The average molecular weight is 376 g/mol. The van der Waals surface area contributed by atoms with Crippen molar-refractivity contribution >= 4 is 17.3 Å². The molecule has 0 fully saturated rings. The second-order valence-corrected chi connectivity index (χ2v) is 5.99. The number of aromatic nitrogens is 3. The Morgan fingerprint density at radius 1 is 0.857 bits per heavy atom. The van der Waals surface area contributed by atoms with Crippen LogP contribution in [0, 0.1) is 0 Å². The maximum absolute atomic E-state index is 5.47. The van der Waals surface area contributed by atoms with E-state index >= 15 is 0 Å². The Kier molecular flexibility index (Phi) is 4.72. The highest BCUT2D eigenvalue weighted by molar-refractivity contribution is 5.81. The van der Waals surface area contributed by atoms with Crippen LogP contribution in [0.4, 0.5) is 11.5 Å². The van der Waals surface area contributed by atoms with Crippen LogP contribution in [0.3, 0.4) is 0 Å². The molecule has 4 rings (SSSR count). The molecule has 0 aliphatic heterocycles. The lowest BCUT2D eigenvalue weighted by atomic mass is 10.1. The van der Waals surface area contributed by atoms with Gasteiger partial charge in [-0.25, -0.2) is 9.97 Å². The molecule has 0 aliphatic carbocycles. The summed E-state index contributed by atoms with van der Waals surface area (Å²) in [7, 11) is 4.87. The highest BCUT2D eigenvalue weighted by Crippen LogP contribution is 2.37. The third-order valence-electron chi connectivity index (χ3n) is 4.42. The van der Waals surface area contributed by atoms with E-state index in [0.29, 0.717) is 17.3 Å².